The number of amidine groups is 1. The quantitative estimate of drug-likeness (QED) is 0.454. The number of nitrogens with one attached hydrogen (secondary N) is 2. The van der Waals surface area contributed by atoms with Crippen molar-refractivity contribution in [1.29, 1.82) is 0 Å². The summed E-state index contributed by atoms with van der Waals surface area (Å²) >= 11 is 0. The monoisotopic (exact) mass is 464 g/mol. The molecule has 0 saturated carbocycles. The van der Waals surface area contributed by atoms with Crippen LogP contribution in [0.4, 0.5) is 5.82 Å². The normalized spacial score (nSPS) is 17.9. The molecule has 14 heteroatoms. The second-order valence-corrected chi connectivity index (χ2v) is 10.6. The van der Waals surface area contributed by atoms with Crippen LogP contribution in [-0.2, 0) is 20.0 Å². The number of aromatic nitrogens is 1. The Morgan fingerprint density at radius 2 is 1.87 bits per heavy atom. The third kappa shape index (κ3) is 4.07. The van der Waals surface area contributed by atoms with Crippen LogP contribution in [0.15, 0.2) is 55.5 Å². The molecule has 1 fully saturated rings. The number of anilines is 1. The molecular formula is C17H20N8O4S2. The highest BCUT2D eigenvalue weighted by Crippen LogP contribution is 2.35. The molecule has 4 rings (SSSR count). The molecule has 0 radical (unpaired) electrons. The summed E-state index contributed by atoms with van der Waals surface area (Å²) in [5, 5.41) is 16.1. The number of benzene rings is 1. The summed E-state index contributed by atoms with van der Waals surface area (Å²) in [6, 6.07) is 5.81. The molecule has 1 saturated heterocycles. The van der Waals surface area contributed by atoms with Crippen molar-refractivity contribution in [1.82, 2.24) is 15.0 Å². The van der Waals surface area contributed by atoms with Gasteiger partial charge in [-0.05, 0) is 30.7 Å². The predicted octanol–water partition coefficient (Wildman–Crippen LogP) is -0.212. The van der Waals surface area contributed by atoms with Gasteiger partial charge in [0, 0.05) is 24.8 Å². The molecule has 1 aromatic heterocycles. The molecule has 0 atom stereocenters. The lowest BCUT2D eigenvalue weighted by Crippen LogP contribution is -2.66. The van der Waals surface area contributed by atoms with Crippen molar-refractivity contribution in [2.75, 3.05) is 25.5 Å². The molecule has 0 spiro atoms. The maximum atomic E-state index is 13.2. The fraction of sp³-hybridized carbons (Fsp3) is 0.294. The van der Waals surface area contributed by atoms with Gasteiger partial charge in [-0.2, -0.15) is 5.11 Å². The van der Waals surface area contributed by atoms with E-state index in [1.54, 1.807) is 13.0 Å². The fourth-order valence-corrected chi connectivity index (χ4v) is 6.40. The Labute approximate surface area is 179 Å². The van der Waals surface area contributed by atoms with Crippen LogP contribution < -0.4 is 20.9 Å². The highest BCUT2D eigenvalue weighted by molar-refractivity contribution is 7.92. The third-order valence-electron chi connectivity index (χ3n) is 4.88. The number of azo groups is 1. The van der Waals surface area contributed by atoms with Gasteiger partial charge in [-0.3, -0.25) is 0 Å². The van der Waals surface area contributed by atoms with Gasteiger partial charge in [-0.15, -0.1) is 5.11 Å². The van der Waals surface area contributed by atoms with E-state index in [0.29, 0.717) is 24.2 Å². The molecule has 3 heterocycles. The minimum absolute atomic E-state index is 0.0161. The lowest BCUT2D eigenvalue weighted by Gasteiger charge is -2.39. The van der Waals surface area contributed by atoms with Gasteiger partial charge in [0.05, 0.1) is 11.1 Å². The average Bonchev–Trinajstić information content (AvgIpc) is 3.20. The van der Waals surface area contributed by atoms with Crippen LogP contribution in [0.25, 0.3) is 11.1 Å². The van der Waals surface area contributed by atoms with Crippen molar-refractivity contribution in [2.45, 2.75) is 22.3 Å². The second kappa shape index (κ2) is 7.42. The maximum Gasteiger partial charge on any atom is 0.242 e. The van der Waals surface area contributed by atoms with Crippen LogP contribution in [0.1, 0.15) is 12.5 Å². The Morgan fingerprint density at radius 1 is 1.13 bits per heavy atom. The van der Waals surface area contributed by atoms with E-state index in [-0.39, 0.29) is 23.9 Å². The summed E-state index contributed by atoms with van der Waals surface area (Å²) in [5.74, 6) is 0.227. The topological polar surface area (TPSA) is 194 Å². The van der Waals surface area contributed by atoms with Gasteiger partial charge in [-0.25, -0.2) is 36.7 Å². The SMILES string of the molecule is CC1(NS(=O)(=O)c2ccc(-c3ccc(N)nc3)c(C3=NCN=N3)c2S(N)(=O)=O)CNC1. The Hall–Kier alpha value is -2.78. The van der Waals surface area contributed by atoms with Crippen LogP contribution in [0, 0.1) is 0 Å². The first-order valence-corrected chi connectivity index (χ1v) is 12.1. The van der Waals surface area contributed by atoms with E-state index in [0.717, 1.165) is 0 Å². The van der Waals surface area contributed by atoms with Gasteiger partial charge in [-0.1, -0.05) is 6.07 Å². The molecular weight excluding hydrogens is 444 g/mol. The largest absolute Gasteiger partial charge is 0.384 e. The lowest BCUT2D eigenvalue weighted by molar-refractivity contribution is 0.279. The van der Waals surface area contributed by atoms with Gasteiger partial charge < -0.3 is 11.1 Å². The lowest BCUT2D eigenvalue weighted by atomic mass is 9.97. The fourth-order valence-electron chi connectivity index (χ4n) is 3.39. The van der Waals surface area contributed by atoms with Crippen molar-refractivity contribution in [2.24, 2.45) is 20.4 Å². The van der Waals surface area contributed by atoms with Gasteiger partial charge in [0.2, 0.25) is 20.0 Å². The second-order valence-electron chi connectivity index (χ2n) is 7.47. The van der Waals surface area contributed by atoms with Crippen molar-refractivity contribution in [3.05, 3.63) is 36.0 Å². The molecule has 0 amide bonds. The number of hydrogen-bond acceptors (Lipinski definition) is 10. The summed E-state index contributed by atoms with van der Waals surface area (Å²) in [6.07, 6.45) is 1.43. The Morgan fingerprint density at radius 3 is 2.39 bits per heavy atom. The van der Waals surface area contributed by atoms with Crippen LogP contribution in [-0.4, -0.2) is 53.0 Å². The smallest absolute Gasteiger partial charge is 0.242 e. The van der Waals surface area contributed by atoms with Crippen LogP contribution in [0.2, 0.25) is 0 Å². The Bertz CT molecular complexity index is 1310. The minimum Gasteiger partial charge on any atom is -0.384 e. The van der Waals surface area contributed by atoms with Gasteiger partial charge in [0.15, 0.2) is 12.5 Å². The van der Waals surface area contributed by atoms with Crippen molar-refractivity contribution in [3.63, 3.8) is 0 Å². The summed E-state index contributed by atoms with van der Waals surface area (Å²) in [4.78, 5) is 7.02. The van der Waals surface area contributed by atoms with E-state index in [2.05, 4.69) is 30.2 Å². The number of primary sulfonamides is 1. The predicted molar refractivity (Wildman–Crippen MR) is 113 cm³/mol. The molecule has 6 N–H and O–H groups in total. The number of nitrogens with two attached hydrogens (primary N) is 2. The number of rotatable bonds is 6. The van der Waals surface area contributed by atoms with Crippen molar-refractivity contribution in [3.8, 4) is 11.1 Å². The summed E-state index contributed by atoms with van der Waals surface area (Å²) in [7, 11) is -8.79. The molecule has 2 aliphatic rings. The van der Waals surface area contributed by atoms with E-state index in [4.69, 9.17) is 10.9 Å². The van der Waals surface area contributed by atoms with Gasteiger partial charge in [0.1, 0.15) is 15.6 Å². The number of pyridine rings is 1. The highest BCUT2D eigenvalue weighted by atomic mass is 32.2. The van der Waals surface area contributed by atoms with Crippen LogP contribution >= 0.6 is 0 Å². The molecule has 0 unspecified atom stereocenters. The molecule has 1 aromatic carbocycles. The minimum atomic E-state index is -4.53. The van der Waals surface area contributed by atoms with E-state index >= 15 is 0 Å². The molecule has 0 aliphatic carbocycles. The Kier molecular flexibility index (Phi) is 5.13. The first kappa shape index (κ1) is 21.5. The zero-order valence-corrected chi connectivity index (χ0v) is 18.0. The molecule has 2 aliphatic heterocycles. The van der Waals surface area contributed by atoms with E-state index < -0.39 is 35.4 Å². The third-order valence-corrected chi connectivity index (χ3v) is 7.68. The molecule has 31 heavy (non-hydrogen) atoms. The number of hydrogen-bond donors (Lipinski definition) is 4. The van der Waals surface area contributed by atoms with E-state index in [1.165, 1.54) is 24.4 Å². The van der Waals surface area contributed by atoms with E-state index in [9.17, 15) is 16.8 Å². The number of nitrogen functional groups attached to an aromatic ring is 1. The molecule has 12 nitrogen and oxygen atoms in total. The molecule has 0 bridgehead atoms. The maximum absolute atomic E-state index is 13.2. The zero-order chi connectivity index (χ0) is 22.4. The van der Waals surface area contributed by atoms with Gasteiger partial charge in [0.25, 0.3) is 0 Å². The zero-order valence-electron chi connectivity index (χ0n) is 16.4. The number of nitrogens with zero attached hydrogens (tertiary/aromatic N) is 4. The highest BCUT2D eigenvalue weighted by Gasteiger charge is 2.39. The Balaban J connectivity index is 2.01. The van der Waals surface area contributed by atoms with Crippen LogP contribution in [0.3, 0.4) is 0 Å². The number of aliphatic imine (C=N–C) groups is 1. The summed E-state index contributed by atoms with van der Waals surface area (Å²) in [6.45, 7) is 2.50. The first-order valence-electron chi connectivity index (χ1n) is 9.09. The summed E-state index contributed by atoms with van der Waals surface area (Å²) < 4.78 is 54.3. The summed E-state index contributed by atoms with van der Waals surface area (Å²) in [5.41, 5.74) is 5.64. The van der Waals surface area contributed by atoms with Gasteiger partial charge >= 0.3 is 0 Å². The average molecular weight is 465 g/mol. The first-order chi connectivity index (χ1) is 14.5. The van der Waals surface area contributed by atoms with Crippen molar-refractivity contribution < 1.29 is 16.8 Å². The standard InChI is InChI=1S/C17H20N8O4S2/c1-17(7-20-8-17)25-31(28,29)12-4-3-11(10-2-5-13(18)21-6-10)14(15(12)30(19,26)27)16-22-9-23-24-16/h2-6,20,25H,7-9H2,1H3,(H2,18,21)(H2,19,26,27). The number of sulfonamides is 2. The van der Waals surface area contributed by atoms with Crippen LogP contribution in [0.5, 0.6) is 0 Å². The van der Waals surface area contributed by atoms with E-state index in [1.807, 2.05) is 0 Å². The molecule has 164 valence electrons. The molecule has 2 aromatic rings. The van der Waals surface area contributed by atoms with Crippen molar-refractivity contribution >= 4 is 31.7 Å².